The van der Waals surface area contributed by atoms with Crippen molar-refractivity contribution in [1.29, 1.82) is 0 Å². The van der Waals surface area contributed by atoms with Gasteiger partial charge in [-0.2, -0.15) is 0 Å². The third-order valence-corrected chi connectivity index (χ3v) is 6.57. The Hall–Kier alpha value is -2.74. The molecule has 1 heterocycles. The van der Waals surface area contributed by atoms with Crippen LogP contribution in [0.15, 0.2) is 72.9 Å². The Morgan fingerprint density at radius 2 is 1.75 bits per heavy atom. The standard InChI is InChI=1S/C28H30FN.C2H6/c1-4-6-16-28(3,26(29)5-2)24-15-14-22-18-20-11-7-8-12-21(20)19-23(22)27(24)25-13-9-10-17-30-25;1-2/h6-14,16-19,24,26H,4-5,15H2,1-3H3;1-2H3. The zero-order valence-electron chi connectivity index (χ0n) is 20.1. The van der Waals surface area contributed by atoms with Gasteiger partial charge in [0.25, 0.3) is 0 Å². The number of benzene rings is 2. The van der Waals surface area contributed by atoms with Gasteiger partial charge >= 0.3 is 0 Å². The zero-order valence-corrected chi connectivity index (χ0v) is 20.1. The Kier molecular flexibility index (Phi) is 8.01. The first-order valence-corrected chi connectivity index (χ1v) is 12.0. The Bertz CT molecular complexity index is 1180. The van der Waals surface area contributed by atoms with Gasteiger partial charge in [0.1, 0.15) is 6.17 Å². The number of halogens is 1. The molecule has 1 aromatic heterocycles. The van der Waals surface area contributed by atoms with Gasteiger partial charge in [-0.15, -0.1) is 0 Å². The summed E-state index contributed by atoms with van der Waals surface area (Å²) in [7, 11) is 0. The average molecular weight is 430 g/mol. The first-order chi connectivity index (χ1) is 15.6. The van der Waals surface area contributed by atoms with Gasteiger partial charge in [0.2, 0.25) is 0 Å². The highest BCUT2D eigenvalue weighted by atomic mass is 19.1. The molecule has 3 unspecified atom stereocenters. The minimum Gasteiger partial charge on any atom is -0.257 e. The van der Waals surface area contributed by atoms with Gasteiger partial charge in [-0.3, -0.25) is 4.98 Å². The van der Waals surface area contributed by atoms with E-state index in [1.165, 1.54) is 26.8 Å². The van der Waals surface area contributed by atoms with Crippen LogP contribution in [0.25, 0.3) is 22.4 Å². The maximum atomic E-state index is 15.5. The summed E-state index contributed by atoms with van der Waals surface area (Å²) in [6.45, 7) is 10.1. The van der Waals surface area contributed by atoms with Crippen LogP contribution < -0.4 is 10.4 Å². The van der Waals surface area contributed by atoms with Crippen LogP contribution in [0.4, 0.5) is 4.39 Å². The summed E-state index contributed by atoms with van der Waals surface area (Å²) in [5.74, 6) is 0.0267. The van der Waals surface area contributed by atoms with Crippen molar-refractivity contribution >= 4 is 22.4 Å². The molecule has 0 radical (unpaired) electrons. The van der Waals surface area contributed by atoms with E-state index in [0.29, 0.717) is 6.42 Å². The molecule has 3 aromatic rings. The molecule has 0 aliphatic heterocycles. The van der Waals surface area contributed by atoms with E-state index in [4.69, 9.17) is 4.98 Å². The topological polar surface area (TPSA) is 12.9 Å². The van der Waals surface area contributed by atoms with Gasteiger partial charge in [-0.1, -0.05) is 83.2 Å². The Morgan fingerprint density at radius 3 is 2.38 bits per heavy atom. The van der Waals surface area contributed by atoms with Crippen LogP contribution in [0, 0.1) is 11.3 Å². The molecule has 1 aliphatic carbocycles. The normalized spacial score (nSPS) is 18.3. The minimum atomic E-state index is -0.917. The molecule has 1 nitrogen and oxygen atoms in total. The second kappa shape index (κ2) is 10.7. The van der Waals surface area contributed by atoms with Crippen molar-refractivity contribution in [3.63, 3.8) is 0 Å². The number of allylic oxidation sites excluding steroid dienone is 2. The largest absolute Gasteiger partial charge is 0.257 e. The molecule has 4 rings (SSSR count). The monoisotopic (exact) mass is 429 g/mol. The molecule has 2 heteroatoms. The highest BCUT2D eigenvalue weighted by Gasteiger charge is 2.42. The summed E-state index contributed by atoms with van der Waals surface area (Å²) in [6.07, 6.45) is 9.66. The molecule has 0 N–H and O–H groups in total. The lowest BCUT2D eigenvalue weighted by Crippen LogP contribution is -2.42. The van der Waals surface area contributed by atoms with Crippen LogP contribution in [0.1, 0.15) is 59.6 Å². The summed E-state index contributed by atoms with van der Waals surface area (Å²) in [6, 6.07) is 19.0. The molecule has 0 fully saturated rings. The van der Waals surface area contributed by atoms with Gasteiger partial charge in [0.05, 0.1) is 5.69 Å². The van der Waals surface area contributed by atoms with Crippen molar-refractivity contribution in [1.82, 2.24) is 4.98 Å². The SMILES string of the molecule is CC.CCC=CC(C)(C(F)CC)C1CC=c2cc3ccccc3cc2=C1c1ccccn1. The molecule has 32 heavy (non-hydrogen) atoms. The third-order valence-electron chi connectivity index (χ3n) is 6.57. The highest BCUT2D eigenvalue weighted by Crippen LogP contribution is 2.45. The van der Waals surface area contributed by atoms with E-state index in [-0.39, 0.29) is 5.92 Å². The molecule has 0 amide bonds. The van der Waals surface area contributed by atoms with E-state index in [9.17, 15) is 0 Å². The summed E-state index contributed by atoms with van der Waals surface area (Å²) in [4.78, 5) is 4.71. The van der Waals surface area contributed by atoms with Crippen molar-refractivity contribution in [3.8, 4) is 0 Å². The van der Waals surface area contributed by atoms with Crippen LogP contribution in [-0.4, -0.2) is 11.2 Å². The molecule has 168 valence electrons. The summed E-state index contributed by atoms with van der Waals surface area (Å²) < 4.78 is 15.5. The Morgan fingerprint density at radius 1 is 1.06 bits per heavy atom. The van der Waals surface area contributed by atoms with Crippen LogP contribution in [0.5, 0.6) is 0 Å². The van der Waals surface area contributed by atoms with Gasteiger partial charge in [-0.25, -0.2) is 4.39 Å². The van der Waals surface area contributed by atoms with Crippen molar-refractivity contribution in [2.75, 3.05) is 0 Å². The second-order valence-electron chi connectivity index (χ2n) is 8.46. The molecule has 0 bridgehead atoms. The molecule has 1 aliphatic rings. The first kappa shape index (κ1) is 23.9. The van der Waals surface area contributed by atoms with E-state index in [1.54, 1.807) is 0 Å². The predicted octanol–water partition coefficient (Wildman–Crippen LogP) is 6.98. The quantitative estimate of drug-likeness (QED) is 0.385. The van der Waals surface area contributed by atoms with E-state index < -0.39 is 11.6 Å². The number of rotatable bonds is 6. The van der Waals surface area contributed by atoms with Crippen LogP contribution >= 0.6 is 0 Å². The van der Waals surface area contributed by atoms with Crippen LogP contribution in [0.3, 0.4) is 0 Å². The zero-order chi connectivity index (χ0) is 23.1. The van der Waals surface area contributed by atoms with Gasteiger partial charge in [0, 0.05) is 17.5 Å². The molecule has 0 saturated carbocycles. The maximum absolute atomic E-state index is 15.5. The van der Waals surface area contributed by atoms with E-state index in [1.807, 2.05) is 39.1 Å². The second-order valence-corrected chi connectivity index (χ2v) is 8.46. The number of nitrogens with zero attached hydrogens (tertiary/aromatic N) is 1. The molecule has 2 aromatic carbocycles. The van der Waals surface area contributed by atoms with Gasteiger partial charge < -0.3 is 0 Å². The van der Waals surface area contributed by atoms with Crippen molar-refractivity contribution < 1.29 is 4.39 Å². The maximum Gasteiger partial charge on any atom is 0.109 e. The van der Waals surface area contributed by atoms with E-state index in [2.05, 4.69) is 74.5 Å². The lowest BCUT2D eigenvalue weighted by molar-refractivity contribution is 0.128. The number of pyridine rings is 1. The lowest BCUT2D eigenvalue weighted by atomic mass is 9.65. The number of hydrogen-bond donors (Lipinski definition) is 0. The molecule has 0 spiro atoms. The van der Waals surface area contributed by atoms with Crippen molar-refractivity contribution in [2.45, 2.75) is 60.1 Å². The number of fused-ring (bicyclic) bond motifs is 2. The van der Waals surface area contributed by atoms with Crippen LogP contribution in [-0.2, 0) is 0 Å². The smallest absolute Gasteiger partial charge is 0.109 e. The first-order valence-electron chi connectivity index (χ1n) is 12.0. The fourth-order valence-corrected chi connectivity index (χ4v) is 4.86. The van der Waals surface area contributed by atoms with Gasteiger partial charge in [0.15, 0.2) is 0 Å². The summed E-state index contributed by atoms with van der Waals surface area (Å²) in [5.41, 5.74) is 1.53. The van der Waals surface area contributed by atoms with Gasteiger partial charge in [-0.05, 0) is 70.3 Å². The van der Waals surface area contributed by atoms with Crippen molar-refractivity contribution in [2.24, 2.45) is 11.3 Å². The van der Waals surface area contributed by atoms with Crippen molar-refractivity contribution in [3.05, 3.63) is 89.1 Å². The summed E-state index contributed by atoms with van der Waals surface area (Å²) >= 11 is 0. The lowest BCUT2D eigenvalue weighted by Gasteiger charge is -2.40. The number of aromatic nitrogens is 1. The summed E-state index contributed by atoms with van der Waals surface area (Å²) in [5, 5.41) is 4.84. The number of alkyl halides is 1. The van der Waals surface area contributed by atoms with Crippen LogP contribution in [0.2, 0.25) is 0 Å². The molecular weight excluding hydrogens is 393 g/mol. The van der Waals surface area contributed by atoms with E-state index in [0.717, 1.165) is 18.5 Å². The minimum absolute atomic E-state index is 0.0267. The Labute approximate surface area is 192 Å². The number of hydrogen-bond acceptors (Lipinski definition) is 1. The fraction of sp³-hybridized carbons (Fsp3) is 0.367. The third kappa shape index (κ3) is 4.55. The fourth-order valence-electron chi connectivity index (χ4n) is 4.86. The molecule has 3 atom stereocenters. The van der Waals surface area contributed by atoms with E-state index >= 15 is 4.39 Å². The Balaban J connectivity index is 0.00000141. The molecule has 0 saturated heterocycles. The average Bonchev–Trinajstić information content (AvgIpc) is 2.86. The highest BCUT2D eigenvalue weighted by molar-refractivity contribution is 5.84. The molecular formula is C30H36FN. The predicted molar refractivity (Wildman–Crippen MR) is 137 cm³/mol.